The molecule has 6 aromatic carbocycles. The van der Waals surface area contributed by atoms with Crippen LogP contribution in [-0.2, 0) is 5.41 Å². The van der Waals surface area contributed by atoms with Gasteiger partial charge in [-0.05, 0) is 111 Å². The number of aryl methyl sites for hydroxylation is 1. The van der Waals surface area contributed by atoms with E-state index in [2.05, 4.69) is 139 Å². The summed E-state index contributed by atoms with van der Waals surface area (Å²) < 4.78 is 2.25. The summed E-state index contributed by atoms with van der Waals surface area (Å²) in [5.41, 5.74) is 14.5. The normalized spacial score (nSPS) is 14.9. The lowest BCUT2D eigenvalue weighted by atomic mass is 9.75. The molecule has 0 unspecified atom stereocenters. The van der Waals surface area contributed by atoms with Gasteiger partial charge in [0.25, 0.3) is 0 Å². The minimum absolute atomic E-state index is 0.105. The molecule has 1 aromatic heterocycles. The monoisotopic (exact) mass is 552 g/mol. The fourth-order valence-electron chi connectivity index (χ4n) is 8.11. The van der Waals surface area contributed by atoms with E-state index in [9.17, 15) is 0 Å². The highest BCUT2D eigenvalue weighted by molar-refractivity contribution is 5.98. The van der Waals surface area contributed by atoms with Gasteiger partial charge >= 0.3 is 0 Å². The number of hydrogen-bond donors (Lipinski definition) is 0. The average molecular weight is 553 g/mol. The van der Waals surface area contributed by atoms with Gasteiger partial charge < -0.3 is 0 Å². The number of imidazole rings is 1. The maximum absolute atomic E-state index is 4.77. The lowest BCUT2D eigenvalue weighted by molar-refractivity contribution is 0.550. The molecule has 0 bridgehead atoms. The molecule has 0 atom stereocenters. The molecule has 2 nitrogen and oxygen atoms in total. The number of benzene rings is 6. The van der Waals surface area contributed by atoms with Gasteiger partial charge in [0.15, 0.2) is 0 Å². The molecule has 2 aliphatic carbocycles. The van der Waals surface area contributed by atoms with Gasteiger partial charge in [-0.1, -0.05) is 104 Å². The van der Waals surface area contributed by atoms with Crippen molar-refractivity contribution in [1.82, 2.24) is 9.55 Å². The van der Waals surface area contributed by atoms with Crippen molar-refractivity contribution in [3.05, 3.63) is 144 Å². The van der Waals surface area contributed by atoms with Crippen LogP contribution in [-0.4, -0.2) is 9.55 Å². The van der Waals surface area contributed by atoms with Gasteiger partial charge in [-0.25, -0.2) is 4.98 Å². The van der Waals surface area contributed by atoms with Gasteiger partial charge in [0.05, 0.1) is 11.0 Å². The number of aromatic nitrogens is 2. The van der Waals surface area contributed by atoms with Crippen LogP contribution in [0.15, 0.2) is 127 Å². The van der Waals surface area contributed by atoms with Crippen LogP contribution in [0.5, 0.6) is 0 Å². The number of hydrogen-bond acceptors (Lipinski definition) is 1. The quantitative estimate of drug-likeness (QED) is 0.213. The van der Waals surface area contributed by atoms with Crippen LogP contribution in [0, 0.1) is 6.92 Å². The third-order valence-corrected chi connectivity index (χ3v) is 10.1. The molecule has 1 spiro atoms. The van der Waals surface area contributed by atoms with E-state index in [4.69, 9.17) is 4.98 Å². The minimum atomic E-state index is 0.105. The van der Waals surface area contributed by atoms with Crippen molar-refractivity contribution in [3.8, 4) is 39.1 Å². The first-order valence-corrected chi connectivity index (χ1v) is 15.5. The summed E-state index contributed by atoms with van der Waals surface area (Å²) in [5, 5.41) is 2.62. The van der Waals surface area contributed by atoms with E-state index < -0.39 is 0 Å². The second kappa shape index (κ2) is 9.28. The summed E-state index contributed by atoms with van der Waals surface area (Å²) in [6.07, 6.45) is 5.02. The Labute approximate surface area is 252 Å². The highest BCUT2D eigenvalue weighted by atomic mass is 15.1. The molecule has 2 heteroatoms. The number of para-hydroxylation sites is 2. The third kappa shape index (κ3) is 3.63. The van der Waals surface area contributed by atoms with Gasteiger partial charge in [-0.3, -0.25) is 4.57 Å². The summed E-state index contributed by atoms with van der Waals surface area (Å²) in [7, 11) is 0. The van der Waals surface area contributed by atoms with E-state index in [-0.39, 0.29) is 5.41 Å². The molecule has 0 aliphatic heterocycles. The minimum Gasteiger partial charge on any atom is -0.297 e. The zero-order chi connectivity index (χ0) is 28.5. The fraction of sp³-hybridized carbons (Fsp3) is 0.146. The highest BCUT2D eigenvalue weighted by Gasteiger charge is 2.45. The summed E-state index contributed by atoms with van der Waals surface area (Å²) in [6, 6.07) is 47.3. The van der Waals surface area contributed by atoms with E-state index in [0.29, 0.717) is 0 Å². The van der Waals surface area contributed by atoms with Gasteiger partial charge in [0, 0.05) is 11.1 Å². The SMILES string of the molecule is Cc1nc2ccccc2n1-c1ccc(-c2ccc3c(c2)C2(CCCC2)c2cc(-c4cccc5ccccc45)ccc2-3)cc1. The van der Waals surface area contributed by atoms with Crippen molar-refractivity contribution in [1.29, 1.82) is 0 Å². The maximum Gasteiger partial charge on any atom is 0.111 e. The molecule has 1 heterocycles. The van der Waals surface area contributed by atoms with E-state index in [1.54, 1.807) is 0 Å². The molecule has 0 N–H and O–H groups in total. The van der Waals surface area contributed by atoms with Crippen LogP contribution in [0.1, 0.15) is 42.6 Å². The van der Waals surface area contributed by atoms with Crippen molar-refractivity contribution in [2.45, 2.75) is 38.0 Å². The van der Waals surface area contributed by atoms with E-state index >= 15 is 0 Å². The fourth-order valence-corrected chi connectivity index (χ4v) is 8.11. The van der Waals surface area contributed by atoms with Crippen LogP contribution in [0.2, 0.25) is 0 Å². The molecule has 0 radical (unpaired) electrons. The van der Waals surface area contributed by atoms with Crippen LogP contribution in [0.4, 0.5) is 0 Å². The summed E-state index contributed by atoms with van der Waals surface area (Å²) in [4.78, 5) is 4.77. The van der Waals surface area contributed by atoms with Crippen LogP contribution in [0.25, 0.3) is 60.9 Å². The van der Waals surface area contributed by atoms with Crippen LogP contribution >= 0.6 is 0 Å². The lowest BCUT2D eigenvalue weighted by Gasteiger charge is -2.27. The first-order valence-electron chi connectivity index (χ1n) is 15.5. The zero-order valence-electron chi connectivity index (χ0n) is 24.3. The number of nitrogens with zero attached hydrogens (tertiary/aromatic N) is 2. The molecule has 1 saturated carbocycles. The Morgan fingerprint density at radius 2 is 1.23 bits per heavy atom. The first-order chi connectivity index (χ1) is 21.2. The molecular formula is C41H32N2. The number of fused-ring (bicyclic) bond motifs is 7. The zero-order valence-corrected chi connectivity index (χ0v) is 24.3. The standard InChI is InChI=1S/C41H32N2/c1-27-42-39-13-4-5-14-40(39)43(27)32-19-15-28(16-20-32)30-17-21-35-36-22-18-31(34-12-8-10-29-9-2-3-11-33(29)34)26-38(36)41(37(35)25-30)23-6-7-24-41/h2-5,8-22,25-26H,6-7,23-24H2,1H3. The average Bonchev–Trinajstić information content (AvgIpc) is 3.75. The lowest BCUT2D eigenvalue weighted by Crippen LogP contribution is -2.20. The van der Waals surface area contributed by atoms with Crippen molar-refractivity contribution in [3.63, 3.8) is 0 Å². The van der Waals surface area contributed by atoms with Gasteiger partial charge in [0.2, 0.25) is 0 Å². The van der Waals surface area contributed by atoms with E-state index in [1.165, 1.54) is 81.0 Å². The van der Waals surface area contributed by atoms with E-state index in [0.717, 1.165) is 22.5 Å². The van der Waals surface area contributed by atoms with Gasteiger partial charge in [-0.2, -0.15) is 0 Å². The van der Waals surface area contributed by atoms with Crippen molar-refractivity contribution in [2.75, 3.05) is 0 Å². The highest BCUT2D eigenvalue weighted by Crippen LogP contribution is 2.58. The van der Waals surface area contributed by atoms with Crippen LogP contribution < -0.4 is 0 Å². The Kier molecular flexibility index (Phi) is 5.31. The van der Waals surface area contributed by atoms with Crippen molar-refractivity contribution < 1.29 is 0 Å². The molecule has 2 aliphatic rings. The summed E-state index contributed by atoms with van der Waals surface area (Å²) >= 11 is 0. The smallest absolute Gasteiger partial charge is 0.111 e. The molecule has 7 aromatic rings. The largest absolute Gasteiger partial charge is 0.297 e. The topological polar surface area (TPSA) is 17.8 Å². The predicted molar refractivity (Wildman–Crippen MR) is 179 cm³/mol. The second-order valence-corrected chi connectivity index (χ2v) is 12.4. The Balaban J connectivity index is 1.13. The molecule has 206 valence electrons. The summed E-state index contributed by atoms with van der Waals surface area (Å²) in [5.74, 6) is 1.01. The molecule has 0 amide bonds. The maximum atomic E-state index is 4.77. The molecule has 1 fully saturated rings. The Morgan fingerprint density at radius 3 is 2.05 bits per heavy atom. The van der Waals surface area contributed by atoms with Gasteiger partial charge in [0.1, 0.15) is 5.82 Å². The van der Waals surface area contributed by atoms with E-state index in [1.807, 2.05) is 0 Å². The van der Waals surface area contributed by atoms with Gasteiger partial charge in [-0.15, -0.1) is 0 Å². The second-order valence-electron chi connectivity index (χ2n) is 12.4. The number of rotatable bonds is 3. The van der Waals surface area contributed by atoms with Crippen LogP contribution in [0.3, 0.4) is 0 Å². The first kappa shape index (κ1) is 24.6. The Hall–Kier alpha value is -4.95. The van der Waals surface area contributed by atoms with Crippen molar-refractivity contribution in [2.24, 2.45) is 0 Å². The molecule has 9 rings (SSSR count). The molecule has 43 heavy (non-hydrogen) atoms. The third-order valence-electron chi connectivity index (χ3n) is 10.1. The Morgan fingerprint density at radius 1 is 0.581 bits per heavy atom. The predicted octanol–water partition coefficient (Wildman–Crippen LogP) is 10.7. The molecular weight excluding hydrogens is 520 g/mol. The summed E-state index contributed by atoms with van der Waals surface area (Å²) in [6.45, 7) is 2.08. The Bertz CT molecular complexity index is 2190. The van der Waals surface area contributed by atoms with Crippen molar-refractivity contribution >= 4 is 21.8 Å². The molecule has 0 saturated heterocycles.